The van der Waals surface area contributed by atoms with Gasteiger partial charge in [0.15, 0.2) is 0 Å². The second-order valence-electron chi connectivity index (χ2n) is 5.34. The molecule has 0 bridgehead atoms. The lowest BCUT2D eigenvalue weighted by molar-refractivity contribution is -0.384. The molecule has 0 unspecified atom stereocenters. The molecule has 1 fully saturated rings. The van der Waals surface area contributed by atoms with Gasteiger partial charge in [-0.3, -0.25) is 10.1 Å². The lowest BCUT2D eigenvalue weighted by Gasteiger charge is -2.37. The Hall–Kier alpha value is -2.15. The van der Waals surface area contributed by atoms with E-state index in [0.717, 1.165) is 18.8 Å². The summed E-state index contributed by atoms with van der Waals surface area (Å²) in [5.41, 5.74) is 1.71. The number of nitrogens with zero attached hydrogens (tertiary/aromatic N) is 3. The minimum Gasteiger partial charge on any atom is -0.368 e. The molecule has 0 aromatic heterocycles. The van der Waals surface area contributed by atoms with E-state index in [1.165, 1.54) is 18.2 Å². The second-order valence-corrected chi connectivity index (χ2v) is 6.26. The average Bonchev–Trinajstić information content (AvgIpc) is 2.56. The highest BCUT2D eigenvalue weighted by Gasteiger charge is 2.24. The van der Waals surface area contributed by atoms with Crippen LogP contribution in [0.2, 0.25) is 0 Å². The fourth-order valence-electron chi connectivity index (χ4n) is 2.77. The highest BCUT2D eigenvalue weighted by molar-refractivity contribution is 9.10. The largest absolute Gasteiger partial charge is 0.368 e. The summed E-state index contributed by atoms with van der Waals surface area (Å²) in [4.78, 5) is 15.1. The topological polar surface area (TPSA) is 49.6 Å². The molecule has 3 rings (SSSR count). The van der Waals surface area contributed by atoms with E-state index in [2.05, 4.69) is 20.8 Å². The molecule has 7 heteroatoms. The molecule has 0 saturated carbocycles. The molecule has 0 atom stereocenters. The molecule has 5 nitrogen and oxygen atoms in total. The van der Waals surface area contributed by atoms with E-state index in [9.17, 15) is 14.5 Å². The zero-order valence-corrected chi connectivity index (χ0v) is 13.9. The SMILES string of the molecule is O=[N+]([O-])c1cc(Br)ccc1N1CCN(c2ccc(F)cc2)CC1. The number of nitro groups is 1. The number of benzene rings is 2. The lowest BCUT2D eigenvalue weighted by atomic mass is 10.2. The van der Waals surface area contributed by atoms with Crippen molar-refractivity contribution in [3.63, 3.8) is 0 Å². The molecule has 1 aliphatic rings. The first-order valence-corrected chi connectivity index (χ1v) is 8.03. The van der Waals surface area contributed by atoms with Gasteiger partial charge in [-0.2, -0.15) is 0 Å². The van der Waals surface area contributed by atoms with Crippen LogP contribution in [-0.4, -0.2) is 31.1 Å². The summed E-state index contributed by atoms with van der Waals surface area (Å²) in [5, 5.41) is 11.2. The van der Waals surface area contributed by atoms with Crippen molar-refractivity contribution in [3.05, 3.63) is 62.9 Å². The van der Waals surface area contributed by atoms with Crippen molar-refractivity contribution in [1.82, 2.24) is 0 Å². The summed E-state index contributed by atoms with van der Waals surface area (Å²) in [6.07, 6.45) is 0. The molecule has 0 N–H and O–H groups in total. The van der Waals surface area contributed by atoms with Crippen LogP contribution < -0.4 is 9.80 Å². The van der Waals surface area contributed by atoms with E-state index in [1.807, 2.05) is 11.0 Å². The zero-order valence-electron chi connectivity index (χ0n) is 12.3. The van der Waals surface area contributed by atoms with Crippen molar-refractivity contribution < 1.29 is 9.31 Å². The van der Waals surface area contributed by atoms with Crippen LogP contribution in [0.4, 0.5) is 21.5 Å². The summed E-state index contributed by atoms with van der Waals surface area (Å²) in [6.45, 7) is 2.83. The van der Waals surface area contributed by atoms with Gasteiger partial charge in [-0.25, -0.2) is 4.39 Å². The Morgan fingerprint density at radius 3 is 2.22 bits per heavy atom. The van der Waals surface area contributed by atoms with Gasteiger partial charge in [-0.1, -0.05) is 15.9 Å². The van der Waals surface area contributed by atoms with E-state index in [0.29, 0.717) is 23.2 Å². The Morgan fingerprint density at radius 2 is 1.61 bits per heavy atom. The van der Waals surface area contributed by atoms with Gasteiger partial charge in [0.05, 0.1) is 4.92 Å². The predicted octanol–water partition coefficient (Wildman–Crippen LogP) is 3.82. The van der Waals surface area contributed by atoms with Crippen molar-refractivity contribution in [1.29, 1.82) is 0 Å². The number of piperazine rings is 1. The maximum Gasteiger partial charge on any atom is 0.293 e. The van der Waals surface area contributed by atoms with Gasteiger partial charge in [0.2, 0.25) is 0 Å². The number of anilines is 2. The Kier molecular flexibility index (Phi) is 4.47. The Morgan fingerprint density at radius 1 is 1.00 bits per heavy atom. The van der Waals surface area contributed by atoms with Gasteiger partial charge in [-0.05, 0) is 36.4 Å². The number of hydrogen-bond donors (Lipinski definition) is 0. The third-order valence-electron chi connectivity index (χ3n) is 3.95. The van der Waals surface area contributed by atoms with Gasteiger partial charge in [0, 0.05) is 42.4 Å². The third-order valence-corrected chi connectivity index (χ3v) is 4.44. The number of nitro benzene ring substituents is 1. The monoisotopic (exact) mass is 379 g/mol. The van der Waals surface area contributed by atoms with Crippen LogP contribution in [0.1, 0.15) is 0 Å². The third kappa shape index (κ3) is 3.44. The Bertz CT molecular complexity index is 716. The molecule has 1 aliphatic heterocycles. The van der Waals surface area contributed by atoms with E-state index in [1.54, 1.807) is 18.2 Å². The standard InChI is InChI=1S/C16H15BrFN3O2/c17-12-1-6-15(16(11-12)21(22)23)20-9-7-19(8-10-20)14-4-2-13(18)3-5-14/h1-6,11H,7-10H2. The van der Waals surface area contributed by atoms with Crippen molar-refractivity contribution >= 4 is 33.0 Å². The molecule has 1 saturated heterocycles. The van der Waals surface area contributed by atoms with Crippen molar-refractivity contribution in [3.8, 4) is 0 Å². The van der Waals surface area contributed by atoms with Crippen LogP contribution >= 0.6 is 15.9 Å². The fourth-order valence-corrected chi connectivity index (χ4v) is 3.12. The number of rotatable bonds is 3. The van der Waals surface area contributed by atoms with Crippen LogP contribution in [0, 0.1) is 15.9 Å². The molecular formula is C16H15BrFN3O2. The van der Waals surface area contributed by atoms with Gasteiger partial charge in [-0.15, -0.1) is 0 Å². The van der Waals surface area contributed by atoms with E-state index in [4.69, 9.17) is 0 Å². The van der Waals surface area contributed by atoms with Crippen LogP contribution in [0.5, 0.6) is 0 Å². The van der Waals surface area contributed by atoms with Crippen LogP contribution in [0.3, 0.4) is 0 Å². The van der Waals surface area contributed by atoms with Gasteiger partial charge in [0.25, 0.3) is 5.69 Å². The minimum atomic E-state index is -0.355. The average molecular weight is 380 g/mol. The summed E-state index contributed by atoms with van der Waals surface area (Å²) < 4.78 is 13.7. The number of halogens is 2. The quantitative estimate of drug-likeness (QED) is 0.600. The molecule has 2 aromatic rings. The van der Waals surface area contributed by atoms with Crippen LogP contribution in [-0.2, 0) is 0 Å². The highest BCUT2D eigenvalue weighted by Crippen LogP contribution is 2.32. The van der Waals surface area contributed by atoms with Gasteiger partial charge < -0.3 is 9.80 Å². The summed E-state index contributed by atoms with van der Waals surface area (Å²) in [6, 6.07) is 11.5. The van der Waals surface area contributed by atoms with Gasteiger partial charge >= 0.3 is 0 Å². The summed E-state index contributed by atoms with van der Waals surface area (Å²) in [7, 11) is 0. The Balaban J connectivity index is 1.74. The normalized spacial score (nSPS) is 14.9. The lowest BCUT2D eigenvalue weighted by Crippen LogP contribution is -2.46. The molecule has 0 amide bonds. The fraction of sp³-hybridized carbons (Fsp3) is 0.250. The molecule has 23 heavy (non-hydrogen) atoms. The van der Waals surface area contributed by atoms with Crippen LogP contribution in [0.15, 0.2) is 46.9 Å². The molecule has 120 valence electrons. The minimum absolute atomic E-state index is 0.106. The maximum absolute atomic E-state index is 13.0. The van der Waals surface area contributed by atoms with E-state index in [-0.39, 0.29) is 16.4 Å². The second kappa shape index (κ2) is 6.54. The highest BCUT2D eigenvalue weighted by atomic mass is 79.9. The van der Waals surface area contributed by atoms with E-state index < -0.39 is 0 Å². The summed E-state index contributed by atoms with van der Waals surface area (Å²) in [5.74, 6) is -0.252. The Labute approximate surface area is 141 Å². The molecule has 1 heterocycles. The molecule has 0 spiro atoms. The predicted molar refractivity (Wildman–Crippen MR) is 91.6 cm³/mol. The molecule has 2 aromatic carbocycles. The van der Waals surface area contributed by atoms with Crippen molar-refractivity contribution in [2.75, 3.05) is 36.0 Å². The maximum atomic E-state index is 13.0. The molecule has 0 aliphatic carbocycles. The van der Waals surface area contributed by atoms with Crippen molar-refractivity contribution in [2.24, 2.45) is 0 Å². The molecular weight excluding hydrogens is 365 g/mol. The molecule has 0 radical (unpaired) electrons. The van der Waals surface area contributed by atoms with Crippen LogP contribution in [0.25, 0.3) is 0 Å². The smallest absolute Gasteiger partial charge is 0.293 e. The zero-order chi connectivity index (χ0) is 16.4. The first-order valence-electron chi connectivity index (χ1n) is 7.24. The first-order chi connectivity index (χ1) is 11.0. The van der Waals surface area contributed by atoms with Crippen molar-refractivity contribution in [2.45, 2.75) is 0 Å². The van der Waals surface area contributed by atoms with E-state index >= 15 is 0 Å². The summed E-state index contributed by atoms with van der Waals surface area (Å²) >= 11 is 3.27. The van der Waals surface area contributed by atoms with Gasteiger partial charge in [0.1, 0.15) is 11.5 Å². The number of hydrogen-bond acceptors (Lipinski definition) is 4. The first kappa shape index (κ1) is 15.7.